The van der Waals surface area contributed by atoms with Crippen LogP contribution in [0.1, 0.15) is 20.8 Å². The van der Waals surface area contributed by atoms with Gasteiger partial charge in [-0.1, -0.05) is 6.08 Å². The third-order valence-electron chi connectivity index (χ3n) is 5.26. The van der Waals surface area contributed by atoms with Crippen molar-refractivity contribution in [3.05, 3.63) is 9.66 Å². The summed E-state index contributed by atoms with van der Waals surface area (Å²) in [6, 6.07) is 0. The molecule has 1 saturated carbocycles. The summed E-state index contributed by atoms with van der Waals surface area (Å²) in [5.74, 6) is -4.63. The lowest BCUT2D eigenvalue weighted by molar-refractivity contribution is -0.139. The molecule has 1 saturated heterocycles. The van der Waals surface area contributed by atoms with Crippen LogP contribution in [0.15, 0.2) is 9.66 Å². The van der Waals surface area contributed by atoms with E-state index in [-0.39, 0.29) is 3.58 Å². The first-order valence-corrected chi connectivity index (χ1v) is 11.0. The summed E-state index contributed by atoms with van der Waals surface area (Å²) in [6.07, 6.45) is -2.12. The van der Waals surface area contributed by atoms with Crippen molar-refractivity contribution >= 4 is 42.0 Å². The van der Waals surface area contributed by atoms with Gasteiger partial charge < -0.3 is 29.5 Å². The fourth-order valence-electron chi connectivity index (χ4n) is 3.89. The van der Waals surface area contributed by atoms with Gasteiger partial charge in [-0.3, -0.25) is 19.5 Å². The largest absolute Gasteiger partial charge is 0.387 e. The molecule has 2 aliphatic heterocycles. The quantitative estimate of drug-likeness (QED) is 0.182. The molecule has 8 atom stereocenters. The van der Waals surface area contributed by atoms with Gasteiger partial charge in [0, 0.05) is 0 Å². The molecule has 2 amide bonds. The minimum atomic E-state index is -4.36. The van der Waals surface area contributed by atoms with E-state index in [1.807, 2.05) is 0 Å². The second-order valence-corrected chi connectivity index (χ2v) is 10.8. The zero-order chi connectivity index (χ0) is 20.5. The van der Waals surface area contributed by atoms with E-state index in [4.69, 9.17) is 9.26 Å². The number of ether oxygens (including phenoxy) is 1. The molecule has 0 aromatic heterocycles. The molecule has 2 fully saturated rings. The van der Waals surface area contributed by atoms with Crippen molar-refractivity contribution in [2.75, 3.05) is 0 Å². The molecular formula is C15H21INO9P. The maximum atomic E-state index is 12.1. The van der Waals surface area contributed by atoms with Crippen LogP contribution in [0.2, 0.25) is 0 Å². The molecule has 5 N–H and O–H groups in total. The van der Waals surface area contributed by atoms with E-state index < -0.39 is 66.6 Å². The third-order valence-corrected chi connectivity index (χ3v) is 7.79. The first-order chi connectivity index (χ1) is 12.2. The highest BCUT2D eigenvalue weighted by atomic mass is 127. The molecule has 12 heteroatoms. The highest BCUT2D eigenvalue weighted by Crippen LogP contribution is 2.64. The highest BCUT2D eigenvalue weighted by Gasteiger charge is 2.81. The summed E-state index contributed by atoms with van der Waals surface area (Å²) in [5, 5.41) is 33.0. The normalized spacial score (nSPS) is 42.1. The number of hydrogen-bond donors (Lipinski definition) is 5. The van der Waals surface area contributed by atoms with Gasteiger partial charge in [0.25, 0.3) is 5.91 Å². The molecule has 10 nitrogen and oxygen atoms in total. The summed E-state index contributed by atoms with van der Waals surface area (Å²) in [5.41, 5.74) is -3.18. The Morgan fingerprint density at radius 2 is 2.04 bits per heavy atom. The van der Waals surface area contributed by atoms with E-state index >= 15 is 0 Å². The Balaban J connectivity index is 1.78. The maximum Gasteiger partial charge on any atom is 0.356 e. The molecule has 3 aliphatic rings. The SMILES string of the molecule is CC(O)P(=O)(O)OC(C)(C)C1[C@H]2OC(C3C=C(I)C(=O)NC3=O)[C@H](O)[C@@]12O. The third kappa shape index (κ3) is 3.31. The predicted molar refractivity (Wildman–Crippen MR) is 98.5 cm³/mol. The number of imide groups is 1. The van der Waals surface area contributed by atoms with E-state index in [9.17, 15) is 34.4 Å². The number of nitrogens with one attached hydrogen (secondary N) is 1. The monoisotopic (exact) mass is 517 g/mol. The van der Waals surface area contributed by atoms with Crippen LogP contribution in [-0.2, 0) is 23.4 Å². The van der Waals surface area contributed by atoms with Crippen molar-refractivity contribution in [2.45, 2.75) is 56.1 Å². The Labute approximate surface area is 168 Å². The Bertz CT molecular complexity index is 768. The van der Waals surface area contributed by atoms with Gasteiger partial charge >= 0.3 is 7.60 Å². The number of aliphatic hydroxyl groups is 3. The number of rotatable bonds is 5. The summed E-state index contributed by atoms with van der Waals surface area (Å²) in [6.45, 7) is 4.00. The summed E-state index contributed by atoms with van der Waals surface area (Å²) in [7, 11) is -4.36. The topological polar surface area (TPSA) is 163 Å². The van der Waals surface area contributed by atoms with Crippen LogP contribution in [0, 0.1) is 11.8 Å². The van der Waals surface area contributed by atoms with Crippen molar-refractivity contribution in [1.29, 1.82) is 0 Å². The highest BCUT2D eigenvalue weighted by molar-refractivity contribution is 14.1. The van der Waals surface area contributed by atoms with Crippen LogP contribution in [0.25, 0.3) is 0 Å². The fraction of sp³-hybridized carbons (Fsp3) is 0.733. The fourth-order valence-corrected chi connectivity index (χ4v) is 5.35. The smallest absolute Gasteiger partial charge is 0.356 e. The Morgan fingerprint density at radius 1 is 1.44 bits per heavy atom. The van der Waals surface area contributed by atoms with Crippen molar-refractivity contribution in [3.63, 3.8) is 0 Å². The molecule has 2 heterocycles. The van der Waals surface area contributed by atoms with E-state index in [0.29, 0.717) is 0 Å². The minimum Gasteiger partial charge on any atom is -0.387 e. The lowest BCUT2D eigenvalue weighted by Crippen LogP contribution is -2.51. The first kappa shape index (κ1) is 21.3. The van der Waals surface area contributed by atoms with Gasteiger partial charge in [-0.25, -0.2) is 0 Å². The van der Waals surface area contributed by atoms with Gasteiger partial charge in [0.05, 0.1) is 27.1 Å². The molecule has 0 spiro atoms. The van der Waals surface area contributed by atoms with Crippen LogP contribution in [-0.4, -0.2) is 67.4 Å². The van der Waals surface area contributed by atoms with Crippen LogP contribution in [0.4, 0.5) is 0 Å². The molecule has 152 valence electrons. The number of carbonyl (C=O) groups is 2. The average molecular weight is 517 g/mol. The molecular weight excluding hydrogens is 496 g/mol. The van der Waals surface area contributed by atoms with Gasteiger partial charge in [0.1, 0.15) is 17.8 Å². The minimum absolute atomic E-state index is 0.263. The second kappa shape index (κ2) is 6.56. The van der Waals surface area contributed by atoms with Crippen LogP contribution < -0.4 is 5.32 Å². The Kier molecular flexibility index (Phi) is 5.18. The molecule has 0 bridgehead atoms. The number of carbonyl (C=O) groups excluding carboxylic acids is 2. The van der Waals surface area contributed by atoms with E-state index in [1.165, 1.54) is 19.9 Å². The van der Waals surface area contributed by atoms with E-state index in [2.05, 4.69) is 5.32 Å². The predicted octanol–water partition coefficient (Wildman–Crippen LogP) is -0.614. The van der Waals surface area contributed by atoms with Gasteiger partial charge in [-0.05, 0) is 43.4 Å². The summed E-state index contributed by atoms with van der Waals surface area (Å²) in [4.78, 5) is 33.3. The van der Waals surface area contributed by atoms with E-state index in [1.54, 1.807) is 22.6 Å². The number of fused-ring (bicyclic) bond motifs is 1. The van der Waals surface area contributed by atoms with Gasteiger partial charge in [-0.15, -0.1) is 0 Å². The lowest BCUT2D eigenvalue weighted by Gasteiger charge is -2.34. The zero-order valence-corrected chi connectivity index (χ0v) is 17.7. The van der Waals surface area contributed by atoms with Gasteiger partial charge in [0.2, 0.25) is 5.91 Å². The van der Waals surface area contributed by atoms with Crippen LogP contribution in [0.5, 0.6) is 0 Å². The average Bonchev–Trinajstić information content (AvgIpc) is 3.05. The molecule has 0 aromatic carbocycles. The molecule has 0 radical (unpaired) electrons. The number of halogens is 1. The van der Waals surface area contributed by atoms with Crippen molar-refractivity contribution in [1.82, 2.24) is 5.32 Å². The van der Waals surface area contributed by atoms with Crippen molar-refractivity contribution < 1.29 is 43.6 Å². The number of amides is 2. The molecule has 0 aromatic rings. The van der Waals surface area contributed by atoms with Crippen molar-refractivity contribution in [2.24, 2.45) is 11.8 Å². The van der Waals surface area contributed by atoms with Gasteiger partial charge in [-0.2, -0.15) is 0 Å². The number of hydrogen-bond acceptors (Lipinski definition) is 8. The van der Waals surface area contributed by atoms with E-state index in [0.717, 1.165) is 6.92 Å². The molecule has 27 heavy (non-hydrogen) atoms. The van der Waals surface area contributed by atoms with Crippen LogP contribution in [0.3, 0.4) is 0 Å². The lowest BCUT2D eigenvalue weighted by atomic mass is 9.88. The van der Waals surface area contributed by atoms with Crippen LogP contribution >= 0.6 is 30.2 Å². The molecule has 3 rings (SSSR count). The first-order valence-electron chi connectivity index (χ1n) is 8.23. The zero-order valence-electron chi connectivity index (χ0n) is 14.7. The molecule has 5 unspecified atom stereocenters. The summed E-state index contributed by atoms with van der Waals surface area (Å²) >= 11 is 1.75. The summed E-state index contributed by atoms with van der Waals surface area (Å²) < 4.78 is 23.1. The maximum absolute atomic E-state index is 12.1. The second-order valence-electron chi connectivity index (χ2n) is 7.58. The number of aliphatic hydroxyl groups excluding tert-OH is 2. The van der Waals surface area contributed by atoms with Crippen molar-refractivity contribution in [3.8, 4) is 0 Å². The Morgan fingerprint density at radius 3 is 2.52 bits per heavy atom. The van der Waals surface area contributed by atoms with Gasteiger partial charge in [0.15, 0.2) is 5.85 Å². The Hall–Kier alpha value is -0.400. The molecule has 1 aliphatic carbocycles. The standard InChI is InChI=1S/C15H21INO9P/c1-5(18)27(23,24)26-14(2,3)9-11-15(9,22)10(19)8(25-11)6-4-7(16)13(21)17-12(6)20/h4-6,8-11,18-19,22H,1-3H3,(H,23,24)(H,17,20,21)/t5?,6?,8?,9?,10-,11+,15-/m0/s1.